The SMILES string of the molecule is COc1ccc([C@@H](c2c(NC(=O)c3ccccc3)sc(C)c2C)N2CCC(C)CC2)cc1. The smallest absolute Gasteiger partial charge is 0.256 e. The van der Waals surface area contributed by atoms with Crippen LogP contribution in [0.1, 0.15) is 57.7 Å². The van der Waals surface area contributed by atoms with Gasteiger partial charge in [0.15, 0.2) is 0 Å². The minimum atomic E-state index is -0.0613. The van der Waals surface area contributed by atoms with E-state index in [9.17, 15) is 4.79 Å². The van der Waals surface area contributed by atoms with Gasteiger partial charge in [-0.3, -0.25) is 9.69 Å². The molecule has 1 aromatic heterocycles. The first-order valence-corrected chi connectivity index (χ1v) is 12.1. The van der Waals surface area contributed by atoms with Crippen molar-refractivity contribution in [1.82, 2.24) is 4.90 Å². The zero-order valence-electron chi connectivity index (χ0n) is 19.4. The predicted octanol–water partition coefficient (Wildman–Crippen LogP) is 6.45. The van der Waals surface area contributed by atoms with E-state index in [4.69, 9.17) is 4.74 Å². The van der Waals surface area contributed by atoms with Crippen LogP contribution in [0.5, 0.6) is 5.75 Å². The lowest BCUT2D eigenvalue weighted by Gasteiger charge is -2.38. The van der Waals surface area contributed by atoms with E-state index in [0.29, 0.717) is 5.56 Å². The van der Waals surface area contributed by atoms with Crippen molar-refractivity contribution < 1.29 is 9.53 Å². The number of anilines is 1. The van der Waals surface area contributed by atoms with Crippen molar-refractivity contribution in [3.05, 3.63) is 81.7 Å². The second-order valence-corrected chi connectivity index (χ2v) is 9.97. The molecule has 2 heterocycles. The van der Waals surface area contributed by atoms with Gasteiger partial charge in [0.05, 0.1) is 13.2 Å². The number of ether oxygens (including phenoxy) is 1. The Morgan fingerprint density at radius 3 is 2.34 bits per heavy atom. The lowest BCUT2D eigenvalue weighted by molar-refractivity contribution is 0.102. The van der Waals surface area contributed by atoms with Gasteiger partial charge in [0.2, 0.25) is 0 Å². The summed E-state index contributed by atoms with van der Waals surface area (Å²) in [5.41, 5.74) is 4.39. The summed E-state index contributed by atoms with van der Waals surface area (Å²) in [5.74, 6) is 1.55. The summed E-state index contributed by atoms with van der Waals surface area (Å²) in [4.78, 5) is 16.8. The monoisotopic (exact) mass is 448 g/mol. The zero-order valence-corrected chi connectivity index (χ0v) is 20.2. The van der Waals surface area contributed by atoms with Crippen LogP contribution < -0.4 is 10.1 Å². The Labute approximate surface area is 195 Å². The Kier molecular flexibility index (Phi) is 6.97. The third-order valence-corrected chi connectivity index (χ3v) is 7.72. The Balaban J connectivity index is 1.75. The summed E-state index contributed by atoms with van der Waals surface area (Å²) in [6.07, 6.45) is 2.39. The molecule has 4 nitrogen and oxygen atoms in total. The topological polar surface area (TPSA) is 41.6 Å². The molecule has 1 saturated heterocycles. The summed E-state index contributed by atoms with van der Waals surface area (Å²) in [5, 5.41) is 4.19. The first-order valence-electron chi connectivity index (χ1n) is 11.3. The van der Waals surface area contributed by atoms with Crippen molar-refractivity contribution in [3.8, 4) is 5.75 Å². The van der Waals surface area contributed by atoms with Crippen LogP contribution in [0.25, 0.3) is 0 Å². The lowest BCUT2D eigenvalue weighted by Crippen LogP contribution is -2.37. The number of carbonyl (C=O) groups is 1. The van der Waals surface area contributed by atoms with Gasteiger partial charge >= 0.3 is 0 Å². The van der Waals surface area contributed by atoms with Crippen LogP contribution in [-0.2, 0) is 0 Å². The van der Waals surface area contributed by atoms with Gasteiger partial charge < -0.3 is 10.1 Å². The first-order chi connectivity index (χ1) is 15.5. The molecule has 1 aliphatic heterocycles. The molecule has 1 atom stereocenters. The number of likely N-dealkylation sites (tertiary alicyclic amines) is 1. The highest BCUT2D eigenvalue weighted by Crippen LogP contribution is 2.43. The summed E-state index contributed by atoms with van der Waals surface area (Å²) in [6.45, 7) is 8.77. The molecule has 0 spiro atoms. The van der Waals surface area contributed by atoms with E-state index in [2.05, 4.69) is 43.1 Å². The van der Waals surface area contributed by atoms with Crippen LogP contribution in [0.3, 0.4) is 0 Å². The molecule has 3 aromatic rings. The second kappa shape index (κ2) is 9.88. The van der Waals surface area contributed by atoms with Gasteiger partial charge in [0, 0.05) is 16.0 Å². The fourth-order valence-electron chi connectivity index (χ4n) is 4.46. The molecule has 1 amide bonds. The van der Waals surface area contributed by atoms with Crippen molar-refractivity contribution in [1.29, 1.82) is 0 Å². The normalized spacial score (nSPS) is 16.0. The second-order valence-electron chi connectivity index (χ2n) is 8.74. The summed E-state index contributed by atoms with van der Waals surface area (Å²) in [7, 11) is 1.70. The Morgan fingerprint density at radius 1 is 1.06 bits per heavy atom. The average molecular weight is 449 g/mol. The molecular weight excluding hydrogens is 416 g/mol. The Bertz CT molecular complexity index is 1050. The van der Waals surface area contributed by atoms with Gasteiger partial charge in [-0.05, 0) is 81.1 Å². The largest absolute Gasteiger partial charge is 0.497 e. The molecule has 168 valence electrons. The number of methoxy groups -OCH3 is 1. The average Bonchev–Trinajstić information content (AvgIpc) is 3.09. The molecule has 0 unspecified atom stereocenters. The number of piperidine rings is 1. The van der Waals surface area contributed by atoms with E-state index in [1.807, 2.05) is 42.5 Å². The molecular formula is C27H32N2O2S. The summed E-state index contributed by atoms with van der Waals surface area (Å²) >= 11 is 1.68. The molecule has 5 heteroatoms. The maximum Gasteiger partial charge on any atom is 0.256 e. The van der Waals surface area contributed by atoms with Crippen molar-refractivity contribution in [3.63, 3.8) is 0 Å². The number of aryl methyl sites for hydroxylation is 1. The van der Waals surface area contributed by atoms with E-state index < -0.39 is 0 Å². The molecule has 2 aromatic carbocycles. The minimum Gasteiger partial charge on any atom is -0.497 e. The molecule has 0 aliphatic carbocycles. The first kappa shape index (κ1) is 22.6. The van der Waals surface area contributed by atoms with E-state index >= 15 is 0 Å². The van der Waals surface area contributed by atoms with Crippen molar-refractivity contribution in [2.75, 3.05) is 25.5 Å². The predicted molar refractivity (Wildman–Crippen MR) is 133 cm³/mol. The summed E-state index contributed by atoms with van der Waals surface area (Å²) < 4.78 is 5.40. The van der Waals surface area contributed by atoms with Crippen LogP contribution in [0.15, 0.2) is 54.6 Å². The number of hydrogen-bond donors (Lipinski definition) is 1. The molecule has 1 aliphatic rings. The molecule has 0 bridgehead atoms. The molecule has 4 rings (SSSR count). The standard InChI is InChI=1S/C27H32N2O2S/c1-18-14-16-29(17-15-18)25(21-10-12-23(31-4)13-11-21)24-19(2)20(3)32-27(24)28-26(30)22-8-6-5-7-9-22/h5-13,18,25H,14-17H2,1-4H3,(H,28,30)/t25-/m0/s1. The minimum absolute atomic E-state index is 0.0613. The van der Waals surface area contributed by atoms with Crippen molar-refractivity contribution in [2.45, 2.75) is 39.7 Å². The number of amides is 1. The van der Waals surface area contributed by atoms with Gasteiger partial charge in [-0.15, -0.1) is 11.3 Å². The van der Waals surface area contributed by atoms with E-state index in [0.717, 1.165) is 29.8 Å². The molecule has 1 fully saturated rings. The van der Waals surface area contributed by atoms with Crippen LogP contribution in [-0.4, -0.2) is 31.0 Å². The number of rotatable bonds is 6. The molecule has 0 radical (unpaired) electrons. The van der Waals surface area contributed by atoms with Crippen molar-refractivity contribution >= 4 is 22.2 Å². The number of benzene rings is 2. The number of carbonyl (C=O) groups excluding carboxylic acids is 1. The van der Waals surface area contributed by atoms with Gasteiger partial charge in [0.1, 0.15) is 10.8 Å². The highest BCUT2D eigenvalue weighted by molar-refractivity contribution is 7.16. The number of hydrogen-bond acceptors (Lipinski definition) is 4. The fourth-order valence-corrected chi connectivity index (χ4v) is 5.55. The van der Waals surface area contributed by atoms with Crippen molar-refractivity contribution in [2.24, 2.45) is 5.92 Å². The quantitative estimate of drug-likeness (QED) is 0.471. The van der Waals surface area contributed by atoms with Gasteiger partial charge in [-0.25, -0.2) is 0 Å². The number of nitrogens with zero attached hydrogens (tertiary/aromatic N) is 1. The van der Waals surface area contributed by atoms with Gasteiger partial charge in [0.25, 0.3) is 5.91 Å². The highest BCUT2D eigenvalue weighted by atomic mass is 32.1. The maximum atomic E-state index is 13.0. The molecule has 0 saturated carbocycles. The number of nitrogens with one attached hydrogen (secondary N) is 1. The van der Waals surface area contributed by atoms with E-state index in [-0.39, 0.29) is 11.9 Å². The lowest BCUT2D eigenvalue weighted by atomic mass is 9.91. The maximum absolute atomic E-state index is 13.0. The van der Waals surface area contributed by atoms with Crippen LogP contribution in [0.2, 0.25) is 0 Å². The fraction of sp³-hybridized carbons (Fsp3) is 0.370. The molecule has 32 heavy (non-hydrogen) atoms. The van der Waals surface area contributed by atoms with E-state index in [1.165, 1.54) is 34.4 Å². The third kappa shape index (κ3) is 4.74. The third-order valence-electron chi connectivity index (χ3n) is 6.58. The zero-order chi connectivity index (χ0) is 22.7. The Hall–Kier alpha value is -2.63. The summed E-state index contributed by atoms with van der Waals surface area (Å²) in [6, 6.07) is 17.9. The van der Waals surface area contributed by atoms with E-state index in [1.54, 1.807) is 18.4 Å². The van der Waals surface area contributed by atoms with Crippen LogP contribution >= 0.6 is 11.3 Å². The Morgan fingerprint density at radius 2 is 1.72 bits per heavy atom. The van der Waals surface area contributed by atoms with Crippen LogP contribution in [0, 0.1) is 19.8 Å². The molecule has 1 N–H and O–H groups in total. The van der Waals surface area contributed by atoms with Crippen LogP contribution in [0.4, 0.5) is 5.00 Å². The van der Waals surface area contributed by atoms with Gasteiger partial charge in [-0.1, -0.05) is 37.3 Å². The van der Waals surface area contributed by atoms with Gasteiger partial charge in [-0.2, -0.15) is 0 Å². The highest BCUT2D eigenvalue weighted by Gasteiger charge is 2.31. The number of thiophene rings is 1.